The van der Waals surface area contributed by atoms with Crippen LogP contribution >= 0.6 is 0 Å². The molecule has 0 unspecified atom stereocenters. The molecule has 0 saturated carbocycles. The summed E-state index contributed by atoms with van der Waals surface area (Å²) in [5.74, 6) is -0.718. The molecule has 0 spiro atoms. The molecule has 0 radical (unpaired) electrons. The number of unbranched alkanes of at least 4 members (excludes halogenated alkanes) is 2. The third-order valence-corrected chi connectivity index (χ3v) is 3.94. The number of carboxylic acids is 1. The molecule has 0 bridgehead atoms. The largest absolute Gasteiger partial charge is 0.481 e. The normalized spacial score (nSPS) is 11.0. The SMILES string of the molecule is O=C(O)CCCCCNc1cccc2nc3ccccc3cc12. The Kier molecular flexibility index (Phi) is 4.71. The number of nitrogens with zero attached hydrogens (tertiary/aromatic N) is 1. The van der Waals surface area contributed by atoms with Gasteiger partial charge in [0.25, 0.3) is 0 Å². The number of hydrogen-bond donors (Lipinski definition) is 2. The lowest BCUT2D eigenvalue weighted by atomic mass is 10.1. The highest BCUT2D eigenvalue weighted by molar-refractivity contribution is 5.99. The Morgan fingerprint density at radius 2 is 1.83 bits per heavy atom. The van der Waals surface area contributed by atoms with E-state index in [4.69, 9.17) is 10.1 Å². The first-order chi connectivity index (χ1) is 11.2. The van der Waals surface area contributed by atoms with Gasteiger partial charge < -0.3 is 10.4 Å². The molecule has 23 heavy (non-hydrogen) atoms. The average Bonchev–Trinajstić information content (AvgIpc) is 2.56. The van der Waals surface area contributed by atoms with Gasteiger partial charge in [-0.15, -0.1) is 0 Å². The number of fused-ring (bicyclic) bond motifs is 2. The molecule has 4 heteroatoms. The summed E-state index contributed by atoms with van der Waals surface area (Å²) in [6.45, 7) is 0.839. The maximum absolute atomic E-state index is 10.5. The predicted molar refractivity (Wildman–Crippen MR) is 93.8 cm³/mol. The number of benzene rings is 2. The van der Waals surface area contributed by atoms with E-state index in [-0.39, 0.29) is 6.42 Å². The summed E-state index contributed by atoms with van der Waals surface area (Å²) in [5, 5.41) is 14.3. The van der Waals surface area contributed by atoms with Gasteiger partial charge in [-0.25, -0.2) is 4.98 Å². The lowest BCUT2D eigenvalue weighted by Gasteiger charge is -2.10. The van der Waals surface area contributed by atoms with Crippen LogP contribution in [0.15, 0.2) is 48.5 Å². The van der Waals surface area contributed by atoms with Crippen LogP contribution in [-0.2, 0) is 4.79 Å². The van der Waals surface area contributed by atoms with E-state index in [9.17, 15) is 4.79 Å². The highest BCUT2D eigenvalue weighted by Crippen LogP contribution is 2.26. The summed E-state index contributed by atoms with van der Waals surface area (Å²) in [6, 6.07) is 16.4. The van der Waals surface area contributed by atoms with Crippen molar-refractivity contribution in [3.63, 3.8) is 0 Å². The molecule has 0 fully saturated rings. The Morgan fingerprint density at radius 1 is 1.00 bits per heavy atom. The van der Waals surface area contributed by atoms with Crippen LogP contribution in [-0.4, -0.2) is 22.6 Å². The molecule has 2 aromatic carbocycles. The van der Waals surface area contributed by atoms with Crippen LogP contribution in [0.1, 0.15) is 25.7 Å². The van der Waals surface area contributed by atoms with E-state index in [2.05, 4.69) is 23.5 Å². The maximum atomic E-state index is 10.5. The van der Waals surface area contributed by atoms with Crippen molar-refractivity contribution in [1.82, 2.24) is 4.98 Å². The van der Waals surface area contributed by atoms with E-state index >= 15 is 0 Å². The smallest absolute Gasteiger partial charge is 0.303 e. The van der Waals surface area contributed by atoms with Gasteiger partial charge in [-0.1, -0.05) is 30.7 Å². The zero-order valence-corrected chi connectivity index (χ0v) is 13.0. The predicted octanol–water partition coefficient (Wildman–Crippen LogP) is 4.44. The second-order valence-electron chi connectivity index (χ2n) is 5.68. The molecule has 0 aliphatic rings. The van der Waals surface area contributed by atoms with Crippen LogP contribution in [0.5, 0.6) is 0 Å². The van der Waals surface area contributed by atoms with Crippen LogP contribution in [0.3, 0.4) is 0 Å². The molecule has 1 aromatic heterocycles. The molecule has 3 rings (SSSR count). The number of aliphatic carboxylic acids is 1. The fourth-order valence-corrected chi connectivity index (χ4v) is 2.75. The minimum atomic E-state index is -0.718. The van der Waals surface area contributed by atoms with Gasteiger partial charge in [-0.05, 0) is 37.1 Å². The number of aromatic nitrogens is 1. The van der Waals surface area contributed by atoms with Crippen LogP contribution in [0.25, 0.3) is 21.8 Å². The first-order valence-corrected chi connectivity index (χ1v) is 7.98. The van der Waals surface area contributed by atoms with Gasteiger partial charge in [0.05, 0.1) is 11.0 Å². The number of anilines is 1. The van der Waals surface area contributed by atoms with Crippen molar-refractivity contribution in [2.75, 3.05) is 11.9 Å². The second-order valence-corrected chi connectivity index (χ2v) is 5.68. The monoisotopic (exact) mass is 308 g/mol. The molecule has 1 heterocycles. The van der Waals surface area contributed by atoms with Crippen LogP contribution in [0.4, 0.5) is 5.69 Å². The molecule has 4 nitrogen and oxygen atoms in total. The molecular weight excluding hydrogens is 288 g/mol. The first kappa shape index (κ1) is 15.3. The van der Waals surface area contributed by atoms with E-state index in [1.807, 2.05) is 30.3 Å². The summed E-state index contributed by atoms with van der Waals surface area (Å²) in [7, 11) is 0. The van der Waals surface area contributed by atoms with Gasteiger partial charge in [-0.2, -0.15) is 0 Å². The van der Waals surface area contributed by atoms with Gasteiger partial charge in [-0.3, -0.25) is 4.79 Å². The molecule has 2 N–H and O–H groups in total. The van der Waals surface area contributed by atoms with Crippen molar-refractivity contribution >= 4 is 33.5 Å². The summed E-state index contributed by atoms with van der Waals surface area (Å²) >= 11 is 0. The van der Waals surface area contributed by atoms with E-state index in [0.717, 1.165) is 53.3 Å². The van der Waals surface area contributed by atoms with Crippen molar-refractivity contribution in [2.24, 2.45) is 0 Å². The molecule has 0 atom stereocenters. The molecule has 0 aliphatic heterocycles. The number of rotatable bonds is 7. The van der Waals surface area contributed by atoms with Crippen molar-refractivity contribution in [3.8, 4) is 0 Å². The van der Waals surface area contributed by atoms with Gasteiger partial charge in [0.15, 0.2) is 0 Å². The van der Waals surface area contributed by atoms with Crippen LogP contribution in [0.2, 0.25) is 0 Å². The number of pyridine rings is 1. The Morgan fingerprint density at radius 3 is 2.70 bits per heavy atom. The lowest BCUT2D eigenvalue weighted by Crippen LogP contribution is -2.03. The summed E-state index contributed by atoms with van der Waals surface area (Å²) < 4.78 is 0. The second kappa shape index (κ2) is 7.09. The van der Waals surface area contributed by atoms with Crippen LogP contribution in [0, 0.1) is 0 Å². The third kappa shape index (κ3) is 3.77. The highest BCUT2D eigenvalue weighted by Gasteiger charge is 2.04. The zero-order chi connectivity index (χ0) is 16.1. The molecular formula is C19H20N2O2. The molecule has 118 valence electrons. The summed E-state index contributed by atoms with van der Waals surface area (Å²) in [5.41, 5.74) is 3.07. The van der Waals surface area contributed by atoms with Gasteiger partial charge in [0, 0.05) is 29.4 Å². The molecule has 0 saturated heterocycles. The van der Waals surface area contributed by atoms with E-state index in [1.54, 1.807) is 0 Å². The Hall–Kier alpha value is -2.62. The molecule has 3 aromatic rings. The standard InChI is InChI=1S/C19H20N2O2/c22-19(23)11-2-1-5-12-20-17-9-6-10-18-15(17)13-14-7-3-4-8-16(14)21-18/h3-4,6-10,13,20H,1-2,5,11-12H2,(H,22,23). The minimum Gasteiger partial charge on any atom is -0.481 e. The Bertz CT molecular complexity index is 830. The maximum Gasteiger partial charge on any atom is 0.303 e. The number of para-hydroxylation sites is 1. The van der Waals surface area contributed by atoms with E-state index in [1.165, 1.54) is 0 Å². The minimum absolute atomic E-state index is 0.254. The fourth-order valence-electron chi connectivity index (χ4n) is 2.75. The molecule has 0 amide bonds. The van der Waals surface area contributed by atoms with Crippen molar-refractivity contribution in [3.05, 3.63) is 48.5 Å². The summed E-state index contributed by atoms with van der Waals surface area (Å²) in [6.07, 6.45) is 2.87. The topological polar surface area (TPSA) is 62.2 Å². The first-order valence-electron chi connectivity index (χ1n) is 7.98. The number of carboxylic acid groups (broad SMARTS) is 1. The summed E-state index contributed by atoms with van der Waals surface area (Å²) in [4.78, 5) is 15.2. The Labute approximate surface area is 135 Å². The van der Waals surface area contributed by atoms with Crippen molar-refractivity contribution in [2.45, 2.75) is 25.7 Å². The molecule has 0 aliphatic carbocycles. The zero-order valence-electron chi connectivity index (χ0n) is 13.0. The van der Waals surface area contributed by atoms with Crippen LogP contribution < -0.4 is 5.32 Å². The third-order valence-electron chi connectivity index (χ3n) is 3.94. The van der Waals surface area contributed by atoms with E-state index < -0.39 is 5.97 Å². The quantitative estimate of drug-likeness (QED) is 0.500. The van der Waals surface area contributed by atoms with Gasteiger partial charge in [0.1, 0.15) is 0 Å². The van der Waals surface area contributed by atoms with Gasteiger partial charge in [0.2, 0.25) is 0 Å². The highest BCUT2D eigenvalue weighted by atomic mass is 16.4. The number of carbonyl (C=O) groups is 1. The average molecular weight is 308 g/mol. The Balaban J connectivity index is 1.70. The van der Waals surface area contributed by atoms with Crippen molar-refractivity contribution < 1.29 is 9.90 Å². The van der Waals surface area contributed by atoms with Crippen molar-refractivity contribution in [1.29, 1.82) is 0 Å². The van der Waals surface area contributed by atoms with E-state index in [0.29, 0.717) is 0 Å². The fraction of sp³-hybridized carbons (Fsp3) is 0.263. The van der Waals surface area contributed by atoms with Gasteiger partial charge >= 0.3 is 5.97 Å². The number of hydrogen-bond acceptors (Lipinski definition) is 3. The lowest BCUT2D eigenvalue weighted by molar-refractivity contribution is -0.137. The number of nitrogens with one attached hydrogen (secondary N) is 1.